The van der Waals surface area contributed by atoms with E-state index in [0.29, 0.717) is 5.02 Å². The standard InChI is InChI=1S/C13H15ClN2O/c1-13(5-6-13)16-8-11(15-12(16)17)9-3-2-4-10(14)7-9/h2-4,7,11H,5-6,8H2,1H3,(H,15,17). The minimum atomic E-state index is 0.0509. The Balaban J connectivity index is 1.81. The molecule has 1 aromatic carbocycles. The molecule has 1 unspecified atom stereocenters. The predicted molar refractivity (Wildman–Crippen MR) is 67.1 cm³/mol. The minimum Gasteiger partial charge on any atom is -0.329 e. The molecule has 1 aliphatic carbocycles. The van der Waals surface area contributed by atoms with Crippen molar-refractivity contribution in [2.24, 2.45) is 0 Å². The highest BCUT2D eigenvalue weighted by Gasteiger charge is 2.49. The van der Waals surface area contributed by atoms with Crippen LogP contribution in [-0.2, 0) is 0 Å². The number of carbonyl (C=O) groups is 1. The fourth-order valence-electron chi connectivity index (χ4n) is 2.37. The zero-order valence-corrected chi connectivity index (χ0v) is 10.5. The summed E-state index contributed by atoms with van der Waals surface area (Å²) in [7, 11) is 0. The molecular formula is C13H15ClN2O. The van der Waals surface area contributed by atoms with E-state index in [2.05, 4.69) is 12.2 Å². The summed E-state index contributed by atoms with van der Waals surface area (Å²) < 4.78 is 0. The largest absolute Gasteiger partial charge is 0.329 e. The number of carbonyl (C=O) groups excluding carboxylic acids is 1. The summed E-state index contributed by atoms with van der Waals surface area (Å²) in [6, 6.07) is 7.82. The van der Waals surface area contributed by atoms with Gasteiger partial charge in [-0.25, -0.2) is 4.79 Å². The number of hydrogen-bond acceptors (Lipinski definition) is 1. The van der Waals surface area contributed by atoms with Crippen LogP contribution in [0.4, 0.5) is 4.79 Å². The van der Waals surface area contributed by atoms with Gasteiger partial charge in [0, 0.05) is 17.1 Å². The van der Waals surface area contributed by atoms with Gasteiger partial charge in [-0.3, -0.25) is 0 Å². The van der Waals surface area contributed by atoms with E-state index in [1.54, 1.807) is 0 Å². The zero-order valence-electron chi connectivity index (χ0n) is 9.74. The van der Waals surface area contributed by atoms with E-state index in [-0.39, 0.29) is 17.6 Å². The van der Waals surface area contributed by atoms with Crippen LogP contribution in [0.5, 0.6) is 0 Å². The number of nitrogens with zero attached hydrogens (tertiary/aromatic N) is 1. The average molecular weight is 251 g/mol. The zero-order chi connectivity index (χ0) is 12.0. The second kappa shape index (κ2) is 3.64. The minimum absolute atomic E-state index is 0.0509. The predicted octanol–water partition coefficient (Wildman–Crippen LogP) is 2.96. The fourth-order valence-corrected chi connectivity index (χ4v) is 2.57. The van der Waals surface area contributed by atoms with E-state index in [9.17, 15) is 4.79 Å². The number of urea groups is 1. The van der Waals surface area contributed by atoms with Crippen molar-refractivity contribution >= 4 is 17.6 Å². The number of halogens is 1. The third-order valence-corrected chi connectivity index (χ3v) is 4.02. The number of hydrogen-bond donors (Lipinski definition) is 1. The SMILES string of the molecule is CC1(N2CC(c3cccc(Cl)c3)NC2=O)CC1. The van der Waals surface area contributed by atoms with Crippen LogP contribution in [0.3, 0.4) is 0 Å². The molecule has 1 saturated heterocycles. The second-order valence-corrected chi connectivity index (χ2v) is 5.60. The molecule has 90 valence electrons. The number of benzene rings is 1. The molecule has 17 heavy (non-hydrogen) atoms. The third-order valence-electron chi connectivity index (χ3n) is 3.78. The molecule has 1 N–H and O–H groups in total. The lowest BCUT2D eigenvalue weighted by Crippen LogP contribution is -2.37. The number of nitrogens with one attached hydrogen (secondary N) is 1. The summed E-state index contributed by atoms with van der Waals surface area (Å²) in [5.74, 6) is 0. The van der Waals surface area contributed by atoms with Gasteiger partial charge in [0.15, 0.2) is 0 Å². The molecule has 1 aromatic rings. The Morgan fingerprint density at radius 2 is 2.24 bits per heavy atom. The summed E-state index contributed by atoms with van der Waals surface area (Å²) in [6.45, 7) is 2.89. The van der Waals surface area contributed by atoms with Gasteiger partial charge in [0.05, 0.1) is 6.04 Å². The summed E-state index contributed by atoms with van der Waals surface area (Å²) >= 11 is 5.97. The normalized spacial score (nSPS) is 25.9. The van der Waals surface area contributed by atoms with E-state index in [4.69, 9.17) is 11.6 Å². The molecule has 0 radical (unpaired) electrons. The highest BCUT2D eigenvalue weighted by atomic mass is 35.5. The molecule has 3 rings (SSSR count). The van der Waals surface area contributed by atoms with Crippen molar-refractivity contribution in [3.05, 3.63) is 34.9 Å². The van der Waals surface area contributed by atoms with E-state index in [0.717, 1.165) is 24.9 Å². The Morgan fingerprint density at radius 3 is 2.88 bits per heavy atom. The first kappa shape index (κ1) is 10.9. The van der Waals surface area contributed by atoms with Crippen molar-refractivity contribution in [1.82, 2.24) is 10.2 Å². The summed E-state index contributed by atoms with van der Waals surface area (Å²) in [6.07, 6.45) is 2.23. The van der Waals surface area contributed by atoms with Crippen molar-refractivity contribution in [2.75, 3.05) is 6.54 Å². The van der Waals surface area contributed by atoms with Crippen LogP contribution in [0, 0.1) is 0 Å². The van der Waals surface area contributed by atoms with E-state index >= 15 is 0 Å². The third kappa shape index (κ3) is 1.89. The van der Waals surface area contributed by atoms with Crippen molar-refractivity contribution < 1.29 is 4.79 Å². The van der Waals surface area contributed by atoms with Crippen molar-refractivity contribution in [2.45, 2.75) is 31.3 Å². The van der Waals surface area contributed by atoms with Gasteiger partial charge in [0.2, 0.25) is 0 Å². The van der Waals surface area contributed by atoms with Gasteiger partial charge < -0.3 is 10.2 Å². The maximum atomic E-state index is 11.9. The quantitative estimate of drug-likeness (QED) is 0.860. The molecule has 1 heterocycles. The van der Waals surface area contributed by atoms with Crippen LogP contribution < -0.4 is 5.32 Å². The first-order chi connectivity index (χ1) is 8.08. The Labute approximate surface area is 106 Å². The van der Waals surface area contributed by atoms with Gasteiger partial charge in [-0.2, -0.15) is 0 Å². The molecule has 3 nitrogen and oxygen atoms in total. The molecule has 4 heteroatoms. The molecule has 1 saturated carbocycles. The van der Waals surface area contributed by atoms with Gasteiger partial charge in [-0.05, 0) is 37.5 Å². The van der Waals surface area contributed by atoms with Gasteiger partial charge in [-0.1, -0.05) is 23.7 Å². The van der Waals surface area contributed by atoms with E-state index in [1.165, 1.54) is 0 Å². The molecule has 0 aromatic heterocycles. The van der Waals surface area contributed by atoms with Crippen molar-refractivity contribution in [3.8, 4) is 0 Å². The van der Waals surface area contributed by atoms with Crippen LogP contribution in [0.15, 0.2) is 24.3 Å². The van der Waals surface area contributed by atoms with E-state index < -0.39 is 0 Å². The molecule has 2 amide bonds. The molecule has 0 spiro atoms. The average Bonchev–Trinajstić information content (AvgIpc) is 2.89. The Kier molecular flexibility index (Phi) is 2.33. The smallest absolute Gasteiger partial charge is 0.318 e. The van der Waals surface area contributed by atoms with Crippen LogP contribution in [-0.4, -0.2) is 23.0 Å². The highest BCUT2D eigenvalue weighted by Crippen LogP contribution is 2.43. The van der Waals surface area contributed by atoms with Gasteiger partial charge in [0.1, 0.15) is 0 Å². The first-order valence-electron chi connectivity index (χ1n) is 5.92. The van der Waals surface area contributed by atoms with Crippen molar-refractivity contribution in [3.63, 3.8) is 0 Å². The lowest BCUT2D eigenvalue weighted by Gasteiger charge is -2.22. The number of rotatable bonds is 2. The lowest BCUT2D eigenvalue weighted by molar-refractivity contribution is 0.196. The first-order valence-corrected chi connectivity index (χ1v) is 6.30. The second-order valence-electron chi connectivity index (χ2n) is 5.16. The molecular weight excluding hydrogens is 236 g/mol. The summed E-state index contributed by atoms with van der Waals surface area (Å²) in [4.78, 5) is 13.9. The molecule has 0 bridgehead atoms. The maximum Gasteiger partial charge on any atom is 0.318 e. The van der Waals surface area contributed by atoms with Gasteiger partial charge in [0.25, 0.3) is 0 Å². The molecule has 2 fully saturated rings. The van der Waals surface area contributed by atoms with Crippen LogP contribution >= 0.6 is 11.6 Å². The Bertz CT molecular complexity index is 470. The Hall–Kier alpha value is -1.22. The maximum absolute atomic E-state index is 11.9. The van der Waals surface area contributed by atoms with Crippen LogP contribution in [0.25, 0.3) is 0 Å². The summed E-state index contributed by atoms with van der Waals surface area (Å²) in [5, 5.41) is 3.74. The van der Waals surface area contributed by atoms with Crippen LogP contribution in [0.2, 0.25) is 5.02 Å². The molecule has 2 aliphatic rings. The highest BCUT2D eigenvalue weighted by molar-refractivity contribution is 6.30. The van der Waals surface area contributed by atoms with Gasteiger partial charge in [-0.15, -0.1) is 0 Å². The molecule has 1 atom stereocenters. The molecule has 1 aliphatic heterocycles. The monoisotopic (exact) mass is 250 g/mol. The van der Waals surface area contributed by atoms with Crippen molar-refractivity contribution in [1.29, 1.82) is 0 Å². The summed E-state index contributed by atoms with van der Waals surface area (Å²) in [5.41, 5.74) is 1.18. The lowest BCUT2D eigenvalue weighted by atomic mass is 10.1. The fraction of sp³-hybridized carbons (Fsp3) is 0.462. The van der Waals surface area contributed by atoms with Crippen LogP contribution in [0.1, 0.15) is 31.4 Å². The topological polar surface area (TPSA) is 32.3 Å². The Morgan fingerprint density at radius 1 is 1.47 bits per heavy atom. The van der Waals surface area contributed by atoms with Gasteiger partial charge >= 0.3 is 6.03 Å². The van der Waals surface area contributed by atoms with E-state index in [1.807, 2.05) is 29.2 Å². The number of amides is 2.